The Hall–Kier alpha value is -1.06. The molecule has 0 aliphatic heterocycles. The second-order valence-corrected chi connectivity index (χ2v) is 10.6. The van der Waals surface area contributed by atoms with Gasteiger partial charge in [0, 0.05) is 12.8 Å². The van der Waals surface area contributed by atoms with Crippen LogP contribution in [0, 0.1) is 5.92 Å². The van der Waals surface area contributed by atoms with E-state index in [4.69, 9.17) is 9.47 Å². The normalized spacial score (nSPS) is 12.0. The monoisotopic (exact) mass is 496 g/mol. The van der Waals surface area contributed by atoms with E-state index in [9.17, 15) is 9.59 Å². The summed E-state index contributed by atoms with van der Waals surface area (Å²) in [6, 6.07) is 0. The van der Waals surface area contributed by atoms with Gasteiger partial charge in [0.05, 0.1) is 13.2 Å². The Kier molecular flexibility index (Phi) is 26.7. The fraction of sp³-hybridized carbons (Fsp3) is 0.935. The van der Waals surface area contributed by atoms with Crippen LogP contribution in [0.3, 0.4) is 0 Å². The smallest absolute Gasteiger partial charge is 0.305 e. The van der Waals surface area contributed by atoms with E-state index in [1.807, 2.05) is 0 Å². The molecule has 0 aliphatic carbocycles. The average Bonchev–Trinajstić information content (AvgIpc) is 2.85. The van der Waals surface area contributed by atoms with Crippen molar-refractivity contribution < 1.29 is 19.1 Å². The molecular formula is C31H60O4. The van der Waals surface area contributed by atoms with E-state index < -0.39 is 0 Å². The molecule has 0 spiro atoms. The van der Waals surface area contributed by atoms with Crippen molar-refractivity contribution in [2.24, 2.45) is 5.92 Å². The third kappa shape index (κ3) is 27.4. The lowest BCUT2D eigenvalue weighted by molar-refractivity contribution is -0.144. The second kappa shape index (κ2) is 27.5. The van der Waals surface area contributed by atoms with Gasteiger partial charge in [0.1, 0.15) is 0 Å². The first-order valence-electron chi connectivity index (χ1n) is 15.4. The standard InChI is InChI=1S/C31H60O4/c1-4-6-8-17-21-27-34-30(32)24-20-16-14-12-10-11-13-15-19-23-29(3)25-26-31(33)35-28-22-18-9-7-5-2/h29H,4-28H2,1-3H3. The predicted octanol–water partition coefficient (Wildman–Crippen LogP) is 9.72. The maximum Gasteiger partial charge on any atom is 0.305 e. The Bertz CT molecular complexity index is 463. The predicted molar refractivity (Wildman–Crippen MR) is 149 cm³/mol. The molecule has 4 heteroatoms. The molecule has 0 aromatic rings. The number of unbranched alkanes of at least 4 members (excludes halogenated alkanes) is 16. The maximum absolute atomic E-state index is 11.8. The van der Waals surface area contributed by atoms with Gasteiger partial charge in [0.2, 0.25) is 0 Å². The molecule has 0 radical (unpaired) electrons. The molecule has 0 heterocycles. The summed E-state index contributed by atoms with van der Waals surface area (Å²) in [5, 5.41) is 0. The summed E-state index contributed by atoms with van der Waals surface area (Å²) < 4.78 is 10.7. The van der Waals surface area contributed by atoms with E-state index in [0.717, 1.165) is 32.1 Å². The van der Waals surface area contributed by atoms with Crippen molar-refractivity contribution in [2.45, 2.75) is 168 Å². The molecule has 1 unspecified atom stereocenters. The van der Waals surface area contributed by atoms with Crippen LogP contribution in [-0.2, 0) is 19.1 Å². The van der Waals surface area contributed by atoms with Crippen molar-refractivity contribution in [3.63, 3.8) is 0 Å². The van der Waals surface area contributed by atoms with Crippen LogP contribution in [0.4, 0.5) is 0 Å². The summed E-state index contributed by atoms with van der Waals surface area (Å²) in [4.78, 5) is 23.6. The van der Waals surface area contributed by atoms with Crippen LogP contribution in [-0.4, -0.2) is 25.2 Å². The summed E-state index contributed by atoms with van der Waals surface area (Å²) in [6.45, 7) is 7.89. The molecule has 0 amide bonds. The summed E-state index contributed by atoms with van der Waals surface area (Å²) in [6.07, 6.45) is 26.4. The summed E-state index contributed by atoms with van der Waals surface area (Å²) >= 11 is 0. The minimum absolute atomic E-state index is 0.00980. The second-order valence-electron chi connectivity index (χ2n) is 10.6. The molecule has 4 nitrogen and oxygen atoms in total. The van der Waals surface area contributed by atoms with E-state index in [2.05, 4.69) is 20.8 Å². The molecule has 0 bridgehead atoms. The quantitative estimate of drug-likeness (QED) is 0.0838. The SMILES string of the molecule is CCCCCCCOC(=O)CCCCCCCCCCCC(C)CCC(=O)OCCCCCCC. The number of hydrogen-bond acceptors (Lipinski definition) is 4. The lowest BCUT2D eigenvalue weighted by atomic mass is 9.97. The van der Waals surface area contributed by atoms with E-state index in [1.165, 1.54) is 103 Å². The molecule has 0 aliphatic rings. The number of esters is 2. The van der Waals surface area contributed by atoms with E-state index >= 15 is 0 Å². The topological polar surface area (TPSA) is 52.6 Å². The fourth-order valence-corrected chi connectivity index (χ4v) is 4.44. The zero-order valence-electron chi connectivity index (χ0n) is 23.9. The highest BCUT2D eigenvalue weighted by molar-refractivity contribution is 5.69. The van der Waals surface area contributed by atoms with Gasteiger partial charge in [0.15, 0.2) is 0 Å². The average molecular weight is 497 g/mol. The highest BCUT2D eigenvalue weighted by Gasteiger charge is 2.08. The first kappa shape index (κ1) is 33.9. The van der Waals surface area contributed by atoms with Crippen molar-refractivity contribution in [2.75, 3.05) is 13.2 Å². The van der Waals surface area contributed by atoms with Crippen LogP contribution in [0.15, 0.2) is 0 Å². The molecular weight excluding hydrogens is 436 g/mol. The molecule has 1 atom stereocenters. The van der Waals surface area contributed by atoms with E-state index in [1.54, 1.807) is 0 Å². The fourth-order valence-electron chi connectivity index (χ4n) is 4.44. The third-order valence-electron chi connectivity index (χ3n) is 6.94. The Morgan fingerprint density at radius 3 is 1.40 bits per heavy atom. The van der Waals surface area contributed by atoms with Crippen LogP contribution in [0.25, 0.3) is 0 Å². The van der Waals surface area contributed by atoms with Gasteiger partial charge in [0.25, 0.3) is 0 Å². The van der Waals surface area contributed by atoms with Gasteiger partial charge in [-0.15, -0.1) is 0 Å². The Balaban J connectivity index is 3.32. The first-order valence-corrected chi connectivity index (χ1v) is 15.4. The minimum Gasteiger partial charge on any atom is -0.466 e. The van der Waals surface area contributed by atoms with Crippen LogP contribution in [0.5, 0.6) is 0 Å². The molecule has 0 N–H and O–H groups in total. The van der Waals surface area contributed by atoms with Crippen molar-refractivity contribution in [3.05, 3.63) is 0 Å². The Labute approximate surface area is 218 Å². The van der Waals surface area contributed by atoms with Crippen LogP contribution in [0.2, 0.25) is 0 Å². The Morgan fingerprint density at radius 1 is 0.486 bits per heavy atom. The van der Waals surface area contributed by atoms with E-state index in [-0.39, 0.29) is 11.9 Å². The van der Waals surface area contributed by atoms with Crippen molar-refractivity contribution in [1.29, 1.82) is 0 Å². The lowest BCUT2D eigenvalue weighted by Gasteiger charge is -2.11. The van der Waals surface area contributed by atoms with Crippen LogP contribution >= 0.6 is 0 Å². The van der Waals surface area contributed by atoms with Crippen molar-refractivity contribution in [3.8, 4) is 0 Å². The number of hydrogen-bond donors (Lipinski definition) is 0. The largest absolute Gasteiger partial charge is 0.466 e. The van der Waals surface area contributed by atoms with Gasteiger partial charge in [-0.2, -0.15) is 0 Å². The maximum atomic E-state index is 11.8. The molecule has 208 valence electrons. The first-order chi connectivity index (χ1) is 17.1. The molecule has 0 fully saturated rings. The molecule has 0 saturated carbocycles. The molecule has 0 rings (SSSR count). The zero-order valence-corrected chi connectivity index (χ0v) is 23.9. The van der Waals surface area contributed by atoms with Crippen molar-refractivity contribution in [1.82, 2.24) is 0 Å². The highest BCUT2D eigenvalue weighted by Crippen LogP contribution is 2.17. The number of ether oxygens (including phenoxy) is 2. The number of carbonyl (C=O) groups excluding carboxylic acids is 2. The van der Waals surface area contributed by atoms with Gasteiger partial charge in [-0.25, -0.2) is 0 Å². The van der Waals surface area contributed by atoms with Gasteiger partial charge in [-0.3, -0.25) is 9.59 Å². The lowest BCUT2D eigenvalue weighted by Crippen LogP contribution is -2.08. The molecule has 0 aromatic carbocycles. The van der Waals surface area contributed by atoms with E-state index in [0.29, 0.717) is 32.0 Å². The van der Waals surface area contributed by atoms with Gasteiger partial charge in [-0.05, 0) is 31.6 Å². The zero-order chi connectivity index (χ0) is 25.8. The van der Waals surface area contributed by atoms with Crippen LogP contribution < -0.4 is 0 Å². The van der Waals surface area contributed by atoms with Gasteiger partial charge < -0.3 is 9.47 Å². The molecule has 0 saturated heterocycles. The Morgan fingerprint density at radius 2 is 0.886 bits per heavy atom. The van der Waals surface area contributed by atoms with Gasteiger partial charge >= 0.3 is 11.9 Å². The van der Waals surface area contributed by atoms with Crippen LogP contribution in [0.1, 0.15) is 168 Å². The van der Waals surface area contributed by atoms with Crippen molar-refractivity contribution >= 4 is 11.9 Å². The summed E-state index contributed by atoms with van der Waals surface area (Å²) in [7, 11) is 0. The molecule has 0 aromatic heterocycles. The highest BCUT2D eigenvalue weighted by atomic mass is 16.5. The third-order valence-corrected chi connectivity index (χ3v) is 6.94. The number of rotatable bonds is 27. The molecule has 35 heavy (non-hydrogen) atoms. The summed E-state index contributed by atoms with van der Waals surface area (Å²) in [5.41, 5.74) is 0. The van der Waals surface area contributed by atoms with Gasteiger partial charge in [-0.1, -0.05) is 130 Å². The number of carbonyl (C=O) groups is 2. The summed E-state index contributed by atoms with van der Waals surface area (Å²) in [5.74, 6) is 0.589. The minimum atomic E-state index is -0.0120.